The van der Waals surface area contributed by atoms with E-state index in [-0.39, 0.29) is 0 Å². The second kappa shape index (κ2) is 5.13. The molecule has 0 aliphatic rings. The Morgan fingerprint density at radius 2 is 1.50 bits per heavy atom. The first kappa shape index (κ1) is 12.5. The van der Waals surface area contributed by atoms with E-state index in [4.69, 9.17) is 5.73 Å². The summed E-state index contributed by atoms with van der Waals surface area (Å²) in [6.45, 7) is 7.24. The van der Waals surface area contributed by atoms with Crippen LogP contribution in [0.25, 0.3) is 0 Å². The summed E-state index contributed by atoms with van der Waals surface area (Å²) >= 11 is 0. The second-order valence-corrected chi connectivity index (χ2v) is 4.87. The third kappa shape index (κ3) is 2.83. The van der Waals surface area contributed by atoms with Gasteiger partial charge in [0.05, 0.1) is 0 Å². The predicted molar refractivity (Wildman–Crippen MR) is 78.8 cm³/mol. The van der Waals surface area contributed by atoms with Crippen LogP contribution in [0.15, 0.2) is 36.4 Å². The van der Waals surface area contributed by atoms with Crippen LogP contribution in [0, 0.1) is 20.8 Å². The first-order valence-corrected chi connectivity index (χ1v) is 6.22. The van der Waals surface area contributed by atoms with Gasteiger partial charge in [0.15, 0.2) is 0 Å². The van der Waals surface area contributed by atoms with E-state index in [1.54, 1.807) is 0 Å². The van der Waals surface area contributed by atoms with Gasteiger partial charge in [-0.2, -0.15) is 0 Å². The van der Waals surface area contributed by atoms with Gasteiger partial charge in [0, 0.05) is 17.9 Å². The Balaban J connectivity index is 2.13. The number of nitrogen functional groups attached to an aromatic ring is 1. The van der Waals surface area contributed by atoms with Crippen molar-refractivity contribution in [1.82, 2.24) is 0 Å². The fraction of sp³-hybridized carbons (Fsp3) is 0.250. The molecule has 0 fully saturated rings. The van der Waals surface area contributed by atoms with E-state index in [2.05, 4.69) is 50.4 Å². The Morgan fingerprint density at radius 1 is 0.944 bits per heavy atom. The number of anilines is 2. The molecule has 0 atom stereocenters. The highest BCUT2D eigenvalue weighted by Crippen LogP contribution is 2.22. The first-order valence-electron chi connectivity index (χ1n) is 6.22. The normalized spacial score (nSPS) is 10.4. The average molecular weight is 240 g/mol. The smallest absolute Gasteiger partial charge is 0.0402 e. The molecule has 0 saturated carbocycles. The van der Waals surface area contributed by atoms with E-state index in [0.717, 1.165) is 12.2 Å². The van der Waals surface area contributed by atoms with Crippen molar-refractivity contribution in [1.29, 1.82) is 0 Å². The molecule has 2 rings (SSSR count). The second-order valence-electron chi connectivity index (χ2n) is 4.87. The Bertz CT molecular complexity index is 519. The summed E-state index contributed by atoms with van der Waals surface area (Å²) in [6, 6.07) is 12.4. The lowest BCUT2D eigenvalue weighted by atomic mass is 10.0. The average Bonchev–Trinajstić information content (AvgIpc) is 2.30. The van der Waals surface area contributed by atoms with E-state index in [0.29, 0.717) is 0 Å². The van der Waals surface area contributed by atoms with Gasteiger partial charge in [-0.3, -0.25) is 0 Å². The van der Waals surface area contributed by atoms with E-state index in [1.807, 2.05) is 12.1 Å². The van der Waals surface area contributed by atoms with Crippen molar-refractivity contribution < 1.29 is 0 Å². The zero-order valence-electron chi connectivity index (χ0n) is 11.2. The van der Waals surface area contributed by atoms with Gasteiger partial charge in [-0.15, -0.1) is 0 Å². The summed E-state index contributed by atoms with van der Waals surface area (Å²) < 4.78 is 0. The van der Waals surface area contributed by atoms with E-state index in [9.17, 15) is 0 Å². The predicted octanol–water partition coefficient (Wildman–Crippen LogP) is 3.81. The van der Waals surface area contributed by atoms with Crippen LogP contribution in [0.2, 0.25) is 0 Å². The minimum Gasteiger partial charge on any atom is -0.399 e. The topological polar surface area (TPSA) is 38.0 Å². The highest BCUT2D eigenvalue weighted by atomic mass is 14.9. The van der Waals surface area contributed by atoms with Gasteiger partial charge in [-0.05, 0) is 49.6 Å². The molecule has 2 heteroatoms. The molecular formula is C16H20N2. The molecule has 0 aliphatic heterocycles. The van der Waals surface area contributed by atoms with Gasteiger partial charge in [0.1, 0.15) is 0 Å². The van der Waals surface area contributed by atoms with Crippen molar-refractivity contribution >= 4 is 11.4 Å². The van der Waals surface area contributed by atoms with Gasteiger partial charge in [0.2, 0.25) is 0 Å². The Kier molecular flexibility index (Phi) is 3.56. The SMILES string of the molecule is Cc1cc(C)c(NCc2ccc(N)cc2)c(C)c1. The summed E-state index contributed by atoms with van der Waals surface area (Å²) in [5, 5.41) is 3.50. The van der Waals surface area contributed by atoms with Gasteiger partial charge in [-0.1, -0.05) is 29.8 Å². The summed E-state index contributed by atoms with van der Waals surface area (Å²) in [6.07, 6.45) is 0. The van der Waals surface area contributed by atoms with Crippen LogP contribution >= 0.6 is 0 Å². The molecule has 2 nitrogen and oxygen atoms in total. The highest BCUT2D eigenvalue weighted by Gasteiger charge is 2.03. The minimum absolute atomic E-state index is 0.807. The molecule has 0 aromatic heterocycles. The van der Waals surface area contributed by atoms with Crippen molar-refractivity contribution in [3.63, 3.8) is 0 Å². The maximum atomic E-state index is 5.68. The van der Waals surface area contributed by atoms with Gasteiger partial charge in [-0.25, -0.2) is 0 Å². The molecular weight excluding hydrogens is 220 g/mol. The molecule has 2 aromatic rings. The lowest BCUT2D eigenvalue weighted by molar-refractivity contribution is 1.13. The van der Waals surface area contributed by atoms with E-state index >= 15 is 0 Å². The van der Waals surface area contributed by atoms with Crippen molar-refractivity contribution in [3.05, 3.63) is 58.7 Å². The fourth-order valence-corrected chi connectivity index (χ4v) is 2.28. The minimum atomic E-state index is 0.807. The Hall–Kier alpha value is -1.96. The standard InChI is InChI=1S/C16H20N2/c1-11-8-12(2)16(13(3)9-11)18-10-14-4-6-15(17)7-5-14/h4-9,18H,10,17H2,1-3H3. The first-order chi connectivity index (χ1) is 8.56. The number of benzene rings is 2. The van der Waals surface area contributed by atoms with Crippen molar-refractivity contribution in [2.75, 3.05) is 11.1 Å². The number of hydrogen-bond acceptors (Lipinski definition) is 2. The maximum Gasteiger partial charge on any atom is 0.0402 e. The number of aryl methyl sites for hydroxylation is 3. The van der Waals surface area contributed by atoms with Gasteiger partial charge in [0.25, 0.3) is 0 Å². The highest BCUT2D eigenvalue weighted by molar-refractivity contribution is 5.58. The fourth-order valence-electron chi connectivity index (χ4n) is 2.28. The van der Waals surface area contributed by atoms with Crippen LogP contribution in [0.1, 0.15) is 22.3 Å². The third-order valence-corrected chi connectivity index (χ3v) is 3.13. The lowest BCUT2D eigenvalue weighted by Crippen LogP contribution is -2.03. The number of nitrogens with two attached hydrogens (primary N) is 1. The molecule has 18 heavy (non-hydrogen) atoms. The summed E-state index contributed by atoms with van der Waals surface area (Å²) in [4.78, 5) is 0. The summed E-state index contributed by atoms with van der Waals surface area (Å²) in [5.41, 5.74) is 12.9. The van der Waals surface area contributed by atoms with Crippen LogP contribution < -0.4 is 11.1 Å². The summed E-state index contributed by atoms with van der Waals surface area (Å²) in [7, 11) is 0. The summed E-state index contributed by atoms with van der Waals surface area (Å²) in [5.74, 6) is 0. The molecule has 0 spiro atoms. The molecule has 0 amide bonds. The molecule has 0 aliphatic carbocycles. The van der Waals surface area contributed by atoms with Crippen LogP contribution in [-0.4, -0.2) is 0 Å². The number of rotatable bonds is 3. The largest absolute Gasteiger partial charge is 0.399 e. The molecule has 0 unspecified atom stereocenters. The zero-order chi connectivity index (χ0) is 13.1. The third-order valence-electron chi connectivity index (χ3n) is 3.13. The van der Waals surface area contributed by atoms with Crippen LogP contribution in [0.5, 0.6) is 0 Å². The molecule has 3 N–H and O–H groups in total. The van der Waals surface area contributed by atoms with Crippen molar-refractivity contribution in [2.45, 2.75) is 27.3 Å². The molecule has 0 heterocycles. The molecule has 0 radical (unpaired) electrons. The van der Waals surface area contributed by atoms with E-state index < -0.39 is 0 Å². The van der Waals surface area contributed by atoms with E-state index in [1.165, 1.54) is 27.9 Å². The maximum absolute atomic E-state index is 5.68. The molecule has 0 saturated heterocycles. The Labute approximate surface area is 109 Å². The number of hydrogen-bond donors (Lipinski definition) is 2. The monoisotopic (exact) mass is 240 g/mol. The van der Waals surface area contributed by atoms with Crippen LogP contribution in [0.3, 0.4) is 0 Å². The van der Waals surface area contributed by atoms with Gasteiger partial charge >= 0.3 is 0 Å². The van der Waals surface area contributed by atoms with Crippen LogP contribution in [-0.2, 0) is 6.54 Å². The lowest BCUT2D eigenvalue weighted by Gasteiger charge is -2.14. The number of nitrogens with one attached hydrogen (secondary N) is 1. The van der Waals surface area contributed by atoms with Crippen LogP contribution in [0.4, 0.5) is 11.4 Å². The Morgan fingerprint density at radius 3 is 2.06 bits per heavy atom. The molecule has 2 aromatic carbocycles. The van der Waals surface area contributed by atoms with Gasteiger partial charge < -0.3 is 11.1 Å². The quantitative estimate of drug-likeness (QED) is 0.801. The van der Waals surface area contributed by atoms with Crippen molar-refractivity contribution in [3.8, 4) is 0 Å². The molecule has 94 valence electrons. The molecule has 0 bridgehead atoms. The van der Waals surface area contributed by atoms with Crippen molar-refractivity contribution in [2.24, 2.45) is 0 Å². The zero-order valence-corrected chi connectivity index (χ0v) is 11.2.